The number of alkyl halides is 2. The van der Waals surface area contributed by atoms with Crippen molar-refractivity contribution in [3.63, 3.8) is 0 Å². The smallest absolute Gasteiger partial charge is 0.239 e. The summed E-state index contributed by atoms with van der Waals surface area (Å²) in [5, 5.41) is 3.88. The number of hydrogen-bond donors (Lipinski definition) is 0. The zero-order chi connectivity index (χ0) is 10.8. The molecule has 2 rings (SSSR count). The summed E-state index contributed by atoms with van der Waals surface area (Å²) in [6.45, 7) is 0. The van der Waals surface area contributed by atoms with Crippen LogP contribution in [0.25, 0.3) is 5.69 Å². The van der Waals surface area contributed by atoms with Gasteiger partial charge >= 0.3 is 0 Å². The van der Waals surface area contributed by atoms with Gasteiger partial charge in [-0.1, -0.05) is 12.1 Å². The SMILES string of the molecule is FC(F)c1cnn(-c2ccccc2Br)c1. The fraction of sp³-hybridized carbons (Fsp3) is 0.100. The van der Waals surface area contributed by atoms with Gasteiger partial charge in [0.1, 0.15) is 0 Å². The second kappa shape index (κ2) is 4.10. The summed E-state index contributed by atoms with van der Waals surface area (Å²) < 4.78 is 26.9. The first kappa shape index (κ1) is 10.3. The van der Waals surface area contributed by atoms with Gasteiger partial charge in [-0.3, -0.25) is 0 Å². The lowest BCUT2D eigenvalue weighted by Crippen LogP contribution is -1.94. The highest BCUT2D eigenvalue weighted by atomic mass is 79.9. The zero-order valence-corrected chi connectivity index (χ0v) is 9.16. The lowest BCUT2D eigenvalue weighted by atomic mass is 10.3. The number of rotatable bonds is 2. The normalized spacial score (nSPS) is 10.9. The standard InChI is InChI=1S/C10H7BrF2N2/c11-8-3-1-2-4-9(8)15-6-7(5-14-15)10(12)13/h1-6,10H. The summed E-state index contributed by atoms with van der Waals surface area (Å²) in [6, 6.07) is 7.31. The van der Waals surface area contributed by atoms with E-state index in [1.165, 1.54) is 17.1 Å². The molecule has 1 heterocycles. The van der Waals surface area contributed by atoms with E-state index >= 15 is 0 Å². The molecule has 1 aromatic carbocycles. The van der Waals surface area contributed by atoms with Crippen LogP contribution in [0.3, 0.4) is 0 Å². The molecular weight excluding hydrogens is 266 g/mol. The Morgan fingerprint density at radius 3 is 2.60 bits per heavy atom. The molecule has 0 saturated carbocycles. The maximum absolute atomic E-state index is 12.3. The molecule has 1 aromatic heterocycles. The third-order valence-electron chi connectivity index (χ3n) is 1.95. The number of hydrogen-bond acceptors (Lipinski definition) is 1. The van der Waals surface area contributed by atoms with Crippen molar-refractivity contribution in [1.82, 2.24) is 9.78 Å². The first-order chi connectivity index (χ1) is 7.18. The van der Waals surface area contributed by atoms with Gasteiger partial charge in [-0.15, -0.1) is 0 Å². The number of nitrogens with zero attached hydrogens (tertiary/aromatic N) is 2. The monoisotopic (exact) mass is 272 g/mol. The minimum Gasteiger partial charge on any atom is -0.239 e. The molecule has 0 aliphatic carbocycles. The van der Waals surface area contributed by atoms with E-state index in [2.05, 4.69) is 21.0 Å². The van der Waals surface area contributed by atoms with Crippen molar-refractivity contribution in [2.75, 3.05) is 0 Å². The van der Waals surface area contributed by atoms with Gasteiger partial charge in [0.15, 0.2) is 0 Å². The van der Waals surface area contributed by atoms with Crippen molar-refractivity contribution in [2.24, 2.45) is 0 Å². The first-order valence-corrected chi connectivity index (χ1v) is 5.05. The van der Waals surface area contributed by atoms with Gasteiger partial charge in [-0.25, -0.2) is 13.5 Å². The number of para-hydroxylation sites is 1. The minimum atomic E-state index is -2.48. The predicted octanol–water partition coefficient (Wildman–Crippen LogP) is 3.57. The lowest BCUT2D eigenvalue weighted by Gasteiger charge is -2.02. The Hall–Kier alpha value is -1.23. The second-order valence-electron chi connectivity index (χ2n) is 2.97. The molecule has 78 valence electrons. The van der Waals surface area contributed by atoms with Crippen LogP contribution in [0.4, 0.5) is 8.78 Å². The summed E-state index contributed by atoms with van der Waals surface area (Å²) in [5.41, 5.74) is 0.662. The Balaban J connectivity index is 2.42. The van der Waals surface area contributed by atoms with Gasteiger partial charge in [-0.05, 0) is 28.1 Å². The molecule has 0 bridgehead atoms. The average molecular weight is 273 g/mol. The molecule has 2 nitrogen and oxygen atoms in total. The molecule has 0 aliphatic rings. The maximum atomic E-state index is 12.3. The van der Waals surface area contributed by atoms with Gasteiger partial charge < -0.3 is 0 Å². The van der Waals surface area contributed by atoms with Crippen LogP contribution in [-0.4, -0.2) is 9.78 Å². The molecule has 5 heteroatoms. The molecule has 0 N–H and O–H groups in total. The number of benzene rings is 1. The molecule has 0 radical (unpaired) electrons. The Bertz CT molecular complexity index is 468. The van der Waals surface area contributed by atoms with Crippen molar-refractivity contribution in [3.8, 4) is 5.69 Å². The van der Waals surface area contributed by atoms with E-state index < -0.39 is 6.43 Å². The van der Waals surface area contributed by atoms with E-state index in [-0.39, 0.29) is 5.56 Å². The van der Waals surface area contributed by atoms with Crippen molar-refractivity contribution >= 4 is 15.9 Å². The third kappa shape index (κ3) is 2.07. The van der Waals surface area contributed by atoms with E-state index in [0.29, 0.717) is 0 Å². The van der Waals surface area contributed by atoms with Crippen molar-refractivity contribution in [2.45, 2.75) is 6.43 Å². The minimum absolute atomic E-state index is 0.0780. The Labute approximate surface area is 93.7 Å². The average Bonchev–Trinajstić information content (AvgIpc) is 2.67. The van der Waals surface area contributed by atoms with Crippen molar-refractivity contribution < 1.29 is 8.78 Å². The molecule has 0 spiro atoms. The molecule has 0 fully saturated rings. The van der Waals surface area contributed by atoms with E-state index in [4.69, 9.17) is 0 Å². The van der Waals surface area contributed by atoms with Crippen LogP contribution in [0.5, 0.6) is 0 Å². The van der Waals surface area contributed by atoms with Gasteiger partial charge in [0.2, 0.25) is 0 Å². The van der Waals surface area contributed by atoms with E-state index in [0.717, 1.165) is 10.2 Å². The lowest BCUT2D eigenvalue weighted by molar-refractivity contribution is 0.151. The molecule has 2 aromatic rings. The van der Waals surface area contributed by atoms with Crippen LogP contribution in [0.2, 0.25) is 0 Å². The molecule has 15 heavy (non-hydrogen) atoms. The maximum Gasteiger partial charge on any atom is 0.266 e. The van der Waals surface area contributed by atoms with Gasteiger partial charge in [0.05, 0.1) is 17.4 Å². The number of aromatic nitrogens is 2. The molecule has 0 unspecified atom stereocenters. The highest BCUT2D eigenvalue weighted by Gasteiger charge is 2.11. The molecule has 0 amide bonds. The van der Waals surface area contributed by atoms with Gasteiger partial charge in [0.25, 0.3) is 6.43 Å². The molecule has 0 aliphatic heterocycles. The van der Waals surface area contributed by atoms with Crippen LogP contribution < -0.4 is 0 Å². The van der Waals surface area contributed by atoms with Crippen LogP contribution in [0, 0.1) is 0 Å². The second-order valence-corrected chi connectivity index (χ2v) is 3.82. The molecule has 0 atom stereocenters. The summed E-state index contributed by atoms with van der Waals surface area (Å²) in [7, 11) is 0. The first-order valence-electron chi connectivity index (χ1n) is 4.26. The molecular formula is C10H7BrF2N2. The number of halogens is 3. The summed E-state index contributed by atoms with van der Waals surface area (Å²) in [6.07, 6.45) is 0.00994. The third-order valence-corrected chi connectivity index (χ3v) is 2.62. The fourth-order valence-corrected chi connectivity index (χ4v) is 1.69. The van der Waals surface area contributed by atoms with Gasteiger partial charge in [0, 0.05) is 10.7 Å². The van der Waals surface area contributed by atoms with Crippen LogP contribution in [0.1, 0.15) is 12.0 Å². The Morgan fingerprint density at radius 2 is 2.00 bits per heavy atom. The van der Waals surface area contributed by atoms with Crippen molar-refractivity contribution in [1.29, 1.82) is 0 Å². The fourth-order valence-electron chi connectivity index (χ4n) is 1.22. The van der Waals surface area contributed by atoms with Crippen LogP contribution in [0.15, 0.2) is 41.1 Å². The predicted molar refractivity (Wildman–Crippen MR) is 56.2 cm³/mol. The highest BCUT2D eigenvalue weighted by molar-refractivity contribution is 9.10. The summed E-state index contributed by atoms with van der Waals surface area (Å²) in [4.78, 5) is 0. The van der Waals surface area contributed by atoms with E-state index in [9.17, 15) is 8.78 Å². The Kier molecular flexibility index (Phi) is 2.81. The largest absolute Gasteiger partial charge is 0.266 e. The summed E-state index contributed by atoms with van der Waals surface area (Å²) in [5.74, 6) is 0. The summed E-state index contributed by atoms with van der Waals surface area (Å²) >= 11 is 3.33. The van der Waals surface area contributed by atoms with Crippen molar-refractivity contribution in [3.05, 3.63) is 46.7 Å². The quantitative estimate of drug-likeness (QED) is 0.817. The van der Waals surface area contributed by atoms with Gasteiger partial charge in [-0.2, -0.15) is 5.10 Å². The molecule has 0 saturated heterocycles. The topological polar surface area (TPSA) is 17.8 Å². The highest BCUT2D eigenvalue weighted by Crippen LogP contribution is 2.23. The van der Waals surface area contributed by atoms with E-state index in [1.54, 1.807) is 6.07 Å². The van der Waals surface area contributed by atoms with Crippen LogP contribution in [-0.2, 0) is 0 Å². The Morgan fingerprint density at radius 1 is 1.27 bits per heavy atom. The zero-order valence-electron chi connectivity index (χ0n) is 7.57. The van der Waals surface area contributed by atoms with Crippen LogP contribution >= 0.6 is 15.9 Å². The van der Waals surface area contributed by atoms with E-state index in [1.807, 2.05) is 18.2 Å².